The van der Waals surface area contributed by atoms with E-state index in [2.05, 4.69) is 20.7 Å². The van der Waals surface area contributed by atoms with Gasteiger partial charge in [-0.2, -0.15) is 0 Å². The number of methoxy groups -OCH3 is 1. The van der Waals surface area contributed by atoms with Crippen LogP contribution in [0.2, 0.25) is 0 Å². The maximum Gasteiger partial charge on any atom is 0.144 e. The van der Waals surface area contributed by atoms with E-state index >= 15 is 0 Å². The Hall–Kier alpha value is -0.640. The van der Waals surface area contributed by atoms with Crippen molar-refractivity contribution in [1.29, 1.82) is 0 Å². The molecule has 0 N–H and O–H groups in total. The van der Waals surface area contributed by atoms with Gasteiger partial charge in [-0.1, -0.05) is 0 Å². The van der Waals surface area contributed by atoms with Gasteiger partial charge in [0, 0.05) is 12.1 Å². The smallest absolute Gasteiger partial charge is 0.144 e. The third kappa shape index (κ3) is 1.68. The highest BCUT2D eigenvalue weighted by molar-refractivity contribution is 9.10. The summed E-state index contributed by atoms with van der Waals surface area (Å²) in [5, 5.41) is 0. The maximum atomic E-state index is 12.9. The zero-order valence-corrected chi connectivity index (χ0v) is 6.78. The molecule has 0 saturated heterocycles. The first kappa shape index (κ1) is 5.09. The molecule has 0 aliphatic carbocycles. The van der Waals surface area contributed by atoms with E-state index in [1.54, 1.807) is 0 Å². The summed E-state index contributed by atoms with van der Waals surface area (Å²) >= 11 is 2.65. The molecule has 0 fully saturated rings. The van der Waals surface area contributed by atoms with Crippen molar-refractivity contribution < 1.29 is 17.6 Å². The quantitative estimate of drug-likeness (QED) is 0.669. The molecule has 4 heteroatoms. The van der Waals surface area contributed by atoms with Crippen molar-refractivity contribution in [3.05, 3.63) is 28.2 Å². The molecule has 0 saturated carbocycles. The molecular formula is C7H5BrF2O. The van der Waals surface area contributed by atoms with Crippen LogP contribution in [0.1, 0.15) is 4.11 Å². The molecule has 0 heterocycles. The molecular weight excluding hydrogens is 218 g/mol. The third-order valence-corrected chi connectivity index (χ3v) is 1.83. The second-order valence-corrected chi connectivity index (χ2v) is 2.60. The highest BCUT2D eigenvalue weighted by Gasteiger charge is 2.07. The van der Waals surface area contributed by atoms with Crippen LogP contribution in [0.25, 0.3) is 0 Å². The summed E-state index contributed by atoms with van der Waals surface area (Å²) in [6.45, 7) is 0. The van der Waals surface area contributed by atoms with Crippen molar-refractivity contribution in [3.8, 4) is 5.75 Å². The van der Waals surface area contributed by atoms with Gasteiger partial charge in [-0.3, -0.25) is 0 Å². The Balaban J connectivity index is 3.02. The fraction of sp³-hybridized carbons (Fsp3) is 0.143. The van der Waals surface area contributed by atoms with Gasteiger partial charge in [-0.05, 0) is 15.9 Å². The van der Waals surface area contributed by atoms with Gasteiger partial charge in [-0.15, -0.1) is 0 Å². The molecule has 11 heavy (non-hydrogen) atoms. The molecule has 0 radical (unpaired) electrons. The average molecular weight is 226 g/mol. The molecule has 1 nitrogen and oxygen atoms in total. The second kappa shape index (κ2) is 3.17. The minimum Gasteiger partial charge on any atom is -0.497 e. The van der Waals surface area contributed by atoms with E-state index in [1.807, 2.05) is 0 Å². The van der Waals surface area contributed by atoms with E-state index in [0.29, 0.717) is 0 Å². The lowest BCUT2D eigenvalue weighted by molar-refractivity contribution is 0.406. The van der Waals surface area contributed by atoms with Gasteiger partial charge in [0.1, 0.15) is 17.4 Å². The summed E-state index contributed by atoms with van der Waals surface area (Å²) in [4.78, 5) is 0. The molecule has 0 unspecified atom stereocenters. The minimum atomic E-state index is -2.72. The maximum absolute atomic E-state index is 12.9. The Morgan fingerprint density at radius 2 is 2.00 bits per heavy atom. The first-order chi connectivity index (χ1) is 6.29. The Morgan fingerprint density at radius 1 is 1.45 bits per heavy atom. The highest BCUT2D eigenvalue weighted by Crippen LogP contribution is 2.24. The van der Waals surface area contributed by atoms with Crippen LogP contribution < -0.4 is 4.74 Å². The van der Waals surface area contributed by atoms with Crippen molar-refractivity contribution in [2.75, 3.05) is 7.04 Å². The number of hydrogen-bond acceptors (Lipinski definition) is 1. The van der Waals surface area contributed by atoms with Gasteiger partial charge >= 0.3 is 0 Å². The van der Waals surface area contributed by atoms with E-state index in [1.165, 1.54) is 0 Å². The molecule has 0 aliphatic heterocycles. The van der Waals surface area contributed by atoms with E-state index in [4.69, 9.17) is 4.11 Å². The van der Waals surface area contributed by atoms with E-state index in [-0.39, 0.29) is 10.2 Å². The van der Waals surface area contributed by atoms with Crippen LogP contribution in [0.4, 0.5) is 8.78 Å². The molecule has 1 rings (SSSR count). The van der Waals surface area contributed by atoms with Crippen molar-refractivity contribution in [1.82, 2.24) is 0 Å². The standard InChI is InChI=1S/C7H5BrF2O/c1-11-4-2-5(9)7(8)6(10)3-4/h2-3H,1H3/i1D3. The molecule has 0 amide bonds. The van der Waals surface area contributed by atoms with E-state index in [9.17, 15) is 8.78 Å². The number of rotatable bonds is 1. The van der Waals surface area contributed by atoms with Crippen LogP contribution >= 0.6 is 15.9 Å². The van der Waals surface area contributed by atoms with Gasteiger partial charge in [0.15, 0.2) is 0 Å². The molecule has 0 aromatic heterocycles. The fourth-order valence-corrected chi connectivity index (χ4v) is 0.820. The molecule has 60 valence electrons. The zero-order valence-electron chi connectivity index (χ0n) is 8.20. The monoisotopic (exact) mass is 225 g/mol. The lowest BCUT2D eigenvalue weighted by Gasteiger charge is -2.01. The van der Waals surface area contributed by atoms with Crippen molar-refractivity contribution in [3.63, 3.8) is 0 Å². The number of halogens is 3. The van der Waals surface area contributed by atoms with Crippen LogP contribution in [0.15, 0.2) is 16.6 Å². The van der Waals surface area contributed by atoms with E-state index < -0.39 is 18.7 Å². The highest BCUT2D eigenvalue weighted by atomic mass is 79.9. The van der Waals surface area contributed by atoms with Crippen LogP contribution in [0.5, 0.6) is 5.75 Å². The zero-order chi connectivity index (χ0) is 10.9. The Morgan fingerprint density at radius 3 is 2.45 bits per heavy atom. The van der Waals surface area contributed by atoms with Gasteiger partial charge in [-0.25, -0.2) is 8.78 Å². The summed E-state index contributed by atoms with van der Waals surface area (Å²) in [6, 6.07) is 1.58. The number of ether oxygens (including phenoxy) is 1. The van der Waals surface area contributed by atoms with Gasteiger partial charge < -0.3 is 4.74 Å². The predicted molar refractivity (Wildman–Crippen MR) is 40.6 cm³/mol. The largest absolute Gasteiger partial charge is 0.497 e. The molecule has 1 aromatic rings. The first-order valence-electron chi connectivity index (χ1n) is 4.13. The topological polar surface area (TPSA) is 9.23 Å². The lowest BCUT2D eigenvalue weighted by Crippen LogP contribution is -1.88. The van der Waals surface area contributed by atoms with Crippen molar-refractivity contribution in [2.24, 2.45) is 0 Å². The summed E-state index contributed by atoms with van der Waals surface area (Å²) in [5.74, 6) is -2.20. The summed E-state index contributed by atoms with van der Waals surface area (Å²) < 4.78 is 49.9. The molecule has 0 aliphatic rings. The van der Waals surface area contributed by atoms with Crippen molar-refractivity contribution in [2.45, 2.75) is 0 Å². The fourth-order valence-electron chi connectivity index (χ4n) is 0.591. The van der Waals surface area contributed by atoms with Gasteiger partial charge in [0.05, 0.1) is 15.6 Å². The van der Waals surface area contributed by atoms with Crippen LogP contribution in [-0.4, -0.2) is 7.04 Å². The first-order valence-corrected chi connectivity index (χ1v) is 3.42. The summed E-state index contributed by atoms with van der Waals surface area (Å²) in [6.07, 6.45) is 0. The number of hydrogen-bond donors (Lipinski definition) is 0. The van der Waals surface area contributed by atoms with E-state index in [0.717, 1.165) is 12.1 Å². The molecule has 1 aromatic carbocycles. The Kier molecular flexibility index (Phi) is 1.47. The minimum absolute atomic E-state index is 0.351. The van der Waals surface area contributed by atoms with Gasteiger partial charge in [0.2, 0.25) is 0 Å². The molecule has 0 bridgehead atoms. The van der Waals surface area contributed by atoms with Gasteiger partial charge in [0.25, 0.3) is 0 Å². The Labute approximate surface area is 75.3 Å². The second-order valence-electron chi connectivity index (χ2n) is 1.80. The summed E-state index contributed by atoms with van der Waals surface area (Å²) in [5.41, 5.74) is 0. The normalized spacial score (nSPS) is 15.0. The third-order valence-electron chi connectivity index (χ3n) is 1.08. The van der Waals surface area contributed by atoms with Crippen molar-refractivity contribution >= 4 is 15.9 Å². The average Bonchev–Trinajstić information content (AvgIpc) is 1.96. The number of benzene rings is 1. The summed E-state index contributed by atoms with van der Waals surface area (Å²) in [7, 11) is -2.72. The predicted octanol–water partition coefficient (Wildman–Crippen LogP) is 2.74. The molecule has 0 spiro atoms. The SMILES string of the molecule is [2H]C([2H])([2H])Oc1cc(F)c(Br)c(F)c1. The van der Waals surface area contributed by atoms with Crippen LogP contribution in [-0.2, 0) is 0 Å². The lowest BCUT2D eigenvalue weighted by atomic mass is 10.3. The molecule has 0 atom stereocenters. The van der Waals surface area contributed by atoms with Crippen LogP contribution in [0.3, 0.4) is 0 Å². The van der Waals surface area contributed by atoms with Crippen LogP contribution in [0, 0.1) is 11.6 Å². The Bertz CT molecular complexity index is 330.